The van der Waals surface area contributed by atoms with E-state index in [4.69, 9.17) is 5.73 Å². The van der Waals surface area contributed by atoms with E-state index in [2.05, 4.69) is 41.9 Å². The molecule has 1 aliphatic rings. The molecule has 1 atom stereocenters. The Morgan fingerprint density at radius 1 is 1.33 bits per heavy atom. The van der Waals surface area contributed by atoms with E-state index >= 15 is 0 Å². The van der Waals surface area contributed by atoms with Crippen molar-refractivity contribution >= 4 is 17.3 Å². The quantitative estimate of drug-likeness (QED) is 0.745. The summed E-state index contributed by atoms with van der Waals surface area (Å²) in [4.78, 5) is 1.30. The molecule has 0 aliphatic carbocycles. The summed E-state index contributed by atoms with van der Waals surface area (Å²) >= 11 is 1.76. The summed E-state index contributed by atoms with van der Waals surface area (Å²) in [7, 11) is 0. The Morgan fingerprint density at radius 2 is 2.07 bits per heavy atom. The number of thioether (sulfide) groups is 1. The van der Waals surface area contributed by atoms with Crippen LogP contribution in [0, 0.1) is 0 Å². The van der Waals surface area contributed by atoms with Gasteiger partial charge < -0.3 is 11.1 Å². The molecule has 0 saturated carbocycles. The molecule has 0 bridgehead atoms. The third-order valence-corrected chi connectivity index (χ3v) is 3.32. The number of hydrogen-bond acceptors (Lipinski definition) is 3. The number of benzene rings is 1. The molecule has 0 spiro atoms. The van der Waals surface area contributed by atoms with Crippen LogP contribution in [-0.4, -0.2) is 25.4 Å². The number of nitrogens with one attached hydrogen (secondary N) is 1. The molecule has 2 rings (SSSR count). The minimum atomic E-state index is 0.147. The highest BCUT2D eigenvalue weighted by molar-refractivity contribution is 7.98. The standard InChI is InChI=1S/C12H16N2S/c1-15-12-4-2-9(3-5-12)10-6-11(13)8-14-7-10/h2-6,11,14H,7-8,13H2,1H3. The zero-order valence-electron chi connectivity index (χ0n) is 8.86. The van der Waals surface area contributed by atoms with E-state index in [-0.39, 0.29) is 6.04 Å². The SMILES string of the molecule is CSc1ccc(C2=CC(N)CNC2)cc1. The van der Waals surface area contributed by atoms with Crippen LogP contribution in [-0.2, 0) is 0 Å². The van der Waals surface area contributed by atoms with Gasteiger partial charge in [0.15, 0.2) is 0 Å². The predicted octanol–water partition coefficient (Wildman–Crippen LogP) is 1.72. The summed E-state index contributed by atoms with van der Waals surface area (Å²) in [6, 6.07) is 8.78. The molecule has 1 aromatic rings. The molecule has 80 valence electrons. The summed E-state index contributed by atoms with van der Waals surface area (Å²) in [5, 5.41) is 3.31. The van der Waals surface area contributed by atoms with Crippen LogP contribution in [0.15, 0.2) is 35.2 Å². The van der Waals surface area contributed by atoms with Crippen molar-refractivity contribution in [1.82, 2.24) is 5.32 Å². The Balaban J connectivity index is 2.21. The lowest BCUT2D eigenvalue weighted by atomic mass is 10.0. The zero-order valence-corrected chi connectivity index (χ0v) is 9.68. The van der Waals surface area contributed by atoms with Crippen LogP contribution in [0.2, 0.25) is 0 Å². The summed E-state index contributed by atoms with van der Waals surface area (Å²) in [6.45, 7) is 1.80. The molecular weight excluding hydrogens is 204 g/mol. The van der Waals surface area contributed by atoms with Gasteiger partial charge in [0, 0.05) is 24.0 Å². The smallest absolute Gasteiger partial charge is 0.0357 e. The van der Waals surface area contributed by atoms with Gasteiger partial charge in [0.25, 0.3) is 0 Å². The van der Waals surface area contributed by atoms with Crippen molar-refractivity contribution in [3.8, 4) is 0 Å². The molecule has 0 radical (unpaired) electrons. The van der Waals surface area contributed by atoms with Crippen LogP contribution >= 0.6 is 11.8 Å². The van der Waals surface area contributed by atoms with E-state index < -0.39 is 0 Å². The lowest BCUT2D eigenvalue weighted by Crippen LogP contribution is -2.37. The summed E-state index contributed by atoms with van der Waals surface area (Å²) in [6.07, 6.45) is 4.25. The topological polar surface area (TPSA) is 38.0 Å². The molecule has 3 N–H and O–H groups in total. The Kier molecular flexibility index (Phi) is 3.46. The van der Waals surface area contributed by atoms with Crippen molar-refractivity contribution < 1.29 is 0 Å². The Morgan fingerprint density at radius 3 is 2.67 bits per heavy atom. The third kappa shape index (κ3) is 2.62. The fraction of sp³-hybridized carbons (Fsp3) is 0.333. The van der Waals surface area contributed by atoms with Gasteiger partial charge in [-0.3, -0.25) is 0 Å². The number of nitrogens with two attached hydrogens (primary N) is 1. The van der Waals surface area contributed by atoms with Gasteiger partial charge in [-0.15, -0.1) is 11.8 Å². The van der Waals surface area contributed by atoms with Gasteiger partial charge in [-0.25, -0.2) is 0 Å². The maximum atomic E-state index is 5.88. The van der Waals surface area contributed by atoms with E-state index in [0.29, 0.717) is 0 Å². The average molecular weight is 220 g/mol. The van der Waals surface area contributed by atoms with Gasteiger partial charge >= 0.3 is 0 Å². The highest BCUT2D eigenvalue weighted by atomic mass is 32.2. The molecule has 0 fully saturated rings. The lowest BCUT2D eigenvalue weighted by Gasteiger charge is -2.19. The first kappa shape index (κ1) is 10.7. The van der Waals surface area contributed by atoms with E-state index in [1.54, 1.807) is 11.8 Å². The molecular formula is C12H16N2S. The maximum absolute atomic E-state index is 5.88. The van der Waals surface area contributed by atoms with Crippen molar-refractivity contribution in [2.24, 2.45) is 5.73 Å². The summed E-state index contributed by atoms with van der Waals surface area (Å²) in [5.41, 5.74) is 8.46. The molecule has 1 aromatic carbocycles. The van der Waals surface area contributed by atoms with Crippen LogP contribution in [0.4, 0.5) is 0 Å². The Bertz CT molecular complexity index is 356. The lowest BCUT2D eigenvalue weighted by molar-refractivity contribution is 0.663. The molecule has 1 heterocycles. The highest BCUT2D eigenvalue weighted by Crippen LogP contribution is 2.20. The van der Waals surface area contributed by atoms with E-state index in [1.807, 2.05) is 0 Å². The van der Waals surface area contributed by atoms with Gasteiger partial charge in [-0.05, 0) is 29.5 Å². The number of hydrogen-bond donors (Lipinski definition) is 2. The average Bonchev–Trinajstić information content (AvgIpc) is 2.29. The minimum Gasteiger partial charge on any atom is -0.323 e. The van der Waals surface area contributed by atoms with Crippen molar-refractivity contribution in [2.75, 3.05) is 19.3 Å². The molecule has 1 unspecified atom stereocenters. The highest BCUT2D eigenvalue weighted by Gasteiger charge is 2.10. The van der Waals surface area contributed by atoms with Crippen LogP contribution in [0.3, 0.4) is 0 Å². The van der Waals surface area contributed by atoms with Crippen LogP contribution in [0.25, 0.3) is 5.57 Å². The maximum Gasteiger partial charge on any atom is 0.0357 e. The predicted molar refractivity (Wildman–Crippen MR) is 67.0 cm³/mol. The summed E-state index contributed by atoms with van der Waals surface area (Å²) < 4.78 is 0. The first-order valence-electron chi connectivity index (χ1n) is 5.11. The molecule has 1 aliphatic heterocycles. The largest absolute Gasteiger partial charge is 0.323 e. The second kappa shape index (κ2) is 4.84. The van der Waals surface area contributed by atoms with Crippen LogP contribution in [0.1, 0.15) is 5.56 Å². The molecule has 3 heteroatoms. The van der Waals surface area contributed by atoms with Gasteiger partial charge in [0.1, 0.15) is 0 Å². The second-order valence-electron chi connectivity index (χ2n) is 3.72. The molecule has 0 aromatic heterocycles. The first-order chi connectivity index (χ1) is 7.29. The van der Waals surface area contributed by atoms with Crippen molar-refractivity contribution in [1.29, 1.82) is 0 Å². The van der Waals surface area contributed by atoms with E-state index in [0.717, 1.165) is 13.1 Å². The van der Waals surface area contributed by atoms with E-state index in [1.165, 1.54) is 16.0 Å². The van der Waals surface area contributed by atoms with Gasteiger partial charge in [-0.1, -0.05) is 18.2 Å². The first-order valence-corrected chi connectivity index (χ1v) is 6.33. The fourth-order valence-electron chi connectivity index (χ4n) is 1.75. The fourth-order valence-corrected chi connectivity index (χ4v) is 2.16. The normalized spacial score (nSPS) is 21.2. The van der Waals surface area contributed by atoms with Crippen molar-refractivity contribution in [3.63, 3.8) is 0 Å². The molecule has 2 nitrogen and oxygen atoms in total. The minimum absolute atomic E-state index is 0.147. The summed E-state index contributed by atoms with van der Waals surface area (Å²) in [5.74, 6) is 0. The van der Waals surface area contributed by atoms with Crippen molar-refractivity contribution in [2.45, 2.75) is 10.9 Å². The van der Waals surface area contributed by atoms with Gasteiger partial charge in [0.05, 0.1) is 0 Å². The van der Waals surface area contributed by atoms with Crippen LogP contribution in [0.5, 0.6) is 0 Å². The van der Waals surface area contributed by atoms with Gasteiger partial charge in [0.2, 0.25) is 0 Å². The molecule has 0 amide bonds. The molecule has 15 heavy (non-hydrogen) atoms. The van der Waals surface area contributed by atoms with Crippen LogP contribution < -0.4 is 11.1 Å². The van der Waals surface area contributed by atoms with Gasteiger partial charge in [-0.2, -0.15) is 0 Å². The molecule has 0 saturated heterocycles. The van der Waals surface area contributed by atoms with Crippen molar-refractivity contribution in [3.05, 3.63) is 35.9 Å². The third-order valence-electron chi connectivity index (χ3n) is 2.57. The van der Waals surface area contributed by atoms with E-state index in [9.17, 15) is 0 Å². The monoisotopic (exact) mass is 220 g/mol. The zero-order chi connectivity index (χ0) is 10.7. The number of rotatable bonds is 2. The Hall–Kier alpha value is -0.770. The second-order valence-corrected chi connectivity index (χ2v) is 4.59. The Labute approximate surface area is 94.9 Å².